The van der Waals surface area contributed by atoms with Crippen molar-refractivity contribution in [3.63, 3.8) is 0 Å². The molecule has 0 fully saturated rings. The summed E-state index contributed by atoms with van der Waals surface area (Å²) in [5, 5.41) is 3.58. The Morgan fingerprint density at radius 1 is 1.10 bits per heavy atom. The molecule has 0 spiro atoms. The van der Waals surface area contributed by atoms with Crippen molar-refractivity contribution in [2.75, 3.05) is 0 Å². The second-order valence-electron chi connectivity index (χ2n) is 4.55. The predicted octanol–water partition coefficient (Wildman–Crippen LogP) is 4.06. The Bertz CT molecular complexity index is 603. The first-order valence-electron chi connectivity index (χ1n) is 6.41. The average molecular weight is 286 g/mol. The smallest absolute Gasteiger partial charge is 0.247 e. The van der Waals surface area contributed by atoms with Gasteiger partial charge in [-0.3, -0.25) is 4.79 Å². The summed E-state index contributed by atoms with van der Waals surface area (Å²) in [6.07, 6.45) is 1.87. The van der Waals surface area contributed by atoms with E-state index in [1.807, 2.05) is 67.6 Å². The Balaban J connectivity index is 1.94. The number of carbonyl (C=O) groups excluding carboxylic acids is 1. The van der Waals surface area contributed by atoms with Gasteiger partial charge in [0.25, 0.3) is 0 Å². The van der Waals surface area contributed by atoms with E-state index in [1.165, 1.54) is 0 Å². The predicted molar refractivity (Wildman–Crippen MR) is 83.4 cm³/mol. The molecular weight excluding hydrogens is 270 g/mol. The molecule has 0 aromatic heterocycles. The van der Waals surface area contributed by atoms with Gasteiger partial charge in [-0.25, -0.2) is 0 Å². The molecular formula is C17H16ClNO. The van der Waals surface area contributed by atoms with Crippen LogP contribution in [0.4, 0.5) is 0 Å². The summed E-state index contributed by atoms with van der Waals surface area (Å²) in [6.45, 7) is 2.31. The lowest BCUT2D eigenvalue weighted by Crippen LogP contribution is -2.23. The van der Waals surface area contributed by atoms with E-state index < -0.39 is 0 Å². The number of hydrogen-bond acceptors (Lipinski definition) is 1. The SMILES string of the molecule is CC(=Cc1ccccc1)C(=O)NCc1ccc(Cl)cc1. The van der Waals surface area contributed by atoms with E-state index in [9.17, 15) is 4.79 Å². The molecule has 3 heteroatoms. The van der Waals surface area contributed by atoms with E-state index in [0.717, 1.165) is 11.1 Å². The molecule has 0 aliphatic rings. The van der Waals surface area contributed by atoms with Gasteiger partial charge in [-0.2, -0.15) is 0 Å². The van der Waals surface area contributed by atoms with E-state index in [4.69, 9.17) is 11.6 Å². The molecule has 0 unspecified atom stereocenters. The van der Waals surface area contributed by atoms with Crippen LogP contribution in [0.25, 0.3) is 6.08 Å². The highest BCUT2D eigenvalue weighted by Gasteiger charge is 2.03. The molecule has 1 N–H and O–H groups in total. The molecule has 0 heterocycles. The summed E-state index contributed by atoms with van der Waals surface area (Å²) in [4.78, 5) is 12.0. The van der Waals surface area contributed by atoms with E-state index >= 15 is 0 Å². The summed E-state index contributed by atoms with van der Waals surface area (Å²) in [5.41, 5.74) is 2.73. The van der Waals surface area contributed by atoms with Crippen LogP contribution < -0.4 is 5.32 Å². The molecule has 2 nitrogen and oxygen atoms in total. The van der Waals surface area contributed by atoms with Crippen LogP contribution in [0.1, 0.15) is 18.1 Å². The molecule has 0 atom stereocenters. The first kappa shape index (κ1) is 14.4. The molecule has 0 aliphatic heterocycles. The van der Waals surface area contributed by atoms with Crippen molar-refractivity contribution in [3.8, 4) is 0 Å². The molecule has 20 heavy (non-hydrogen) atoms. The number of nitrogens with one attached hydrogen (secondary N) is 1. The molecule has 2 aromatic rings. The third-order valence-electron chi connectivity index (χ3n) is 2.91. The van der Waals surface area contributed by atoms with Crippen molar-refractivity contribution in [3.05, 3.63) is 76.3 Å². The minimum Gasteiger partial charge on any atom is -0.348 e. The quantitative estimate of drug-likeness (QED) is 0.843. The number of halogens is 1. The summed E-state index contributed by atoms with van der Waals surface area (Å²) < 4.78 is 0. The lowest BCUT2D eigenvalue weighted by atomic mass is 10.1. The number of amides is 1. The van der Waals surface area contributed by atoms with Gasteiger partial charge in [0.1, 0.15) is 0 Å². The standard InChI is InChI=1S/C17H16ClNO/c1-13(11-14-5-3-2-4-6-14)17(20)19-12-15-7-9-16(18)10-8-15/h2-11H,12H2,1H3,(H,19,20). The lowest BCUT2D eigenvalue weighted by molar-refractivity contribution is -0.117. The lowest BCUT2D eigenvalue weighted by Gasteiger charge is -2.06. The fourth-order valence-corrected chi connectivity index (χ4v) is 1.91. The molecule has 0 aliphatic carbocycles. The van der Waals surface area contributed by atoms with Crippen LogP contribution >= 0.6 is 11.6 Å². The van der Waals surface area contributed by atoms with E-state index in [0.29, 0.717) is 17.1 Å². The minimum absolute atomic E-state index is 0.0659. The Hall–Kier alpha value is -2.06. The van der Waals surface area contributed by atoms with Gasteiger partial charge in [-0.1, -0.05) is 54.1 Å². The van der Waals surface area contributed by atoms with Crippen LogP contribution in [0, 0.1) is 0 Å². The minimum atomic E-state index is -0.0659. The van der Waals surface area contributed by atoms with Crippen molar-refractivity contribution in [2.24, 2.45) is 0 Å². The van der Waals surface area contributed by atoms with Crippen LogP contribution in [0.3, 0.4) is 0 Å². The van der Waals surface area contributed by atoms with E-state index in [2.05, 4.69) is 5.32 Å². The zero-order valence-corrected chi connectivity index (χ0v) is 12.0. The third-order valence-corrected chi connectivity index (χ3v) is 3.16. The highest BCUT2D eigenvalue weighted by atomic mass is 35.5. The highest BCUT2D eigenvalue weighted by molar-refractivity contribution is 6.30. The molecule has 2 aromatic carbocycles. The van der Waals surface area contributed by atoms with Gasteiger partial charge in [0.05, 0.1) is 0 Å². The number of benzene rings is 2. The molecule has 0 saturated carbocycles. The number of rotatable bonds is 4. The topological polar surface area (TPSA) is 29.1 Å². The molecule has 0 radical (unpaired) electrons. The normalized spacial score (nSPS) is 11.2. The van der Waals surface area contributed by atoms with Crippen LogP contribution in [0.2, 0.25) is 5.02 Å². The van der Waals surface area contributed by atoms with Gasteiger partial charge in [-0.05, 0) is 36.3 Å². The molecule has 2 rings (SSSR count). The van der Waals surface area contributed by atoms with E-state index in [1.54, 1.807) is 0 Å². The maximum absolute atomic E-state index is 12.0. The Morgan fingerprint density at radius 3 is 2.40 bits per heavy atom. The average Bonchev–Trinajstić information content (AvgIpc) is 2.47. The molecule has 1 amide bonds. The summed E-state index contributed by atoms with van der Waals surface area (Å²) in [5.74, 6) is -0.0659. The fraction of sp³-hybridized carbons (Fsp3) is 0.118. The van der Waals surface area contributed by atoms with Gasteiger partial charge >= 0.3 is 0 Å². The van der Waals surface area contributed by atoms with Crippen LogP contribution in [-0.2, 0) is 11.3 Å². The summed E-state index contributed by atoms with van der Waals surface area (Å²) in [6, 6.07) is 17.2. The van der Waals surface area contributed by atoms with Gasteiger partial charge in [-0.15, -0.1) is 0 Å². The van der Waals surface area contributed by atoms with Crippen molar-refractivity contribution in [1.82, 2.24) is 5.32 Å². The number of hydrogen-bond donors (Lipinski definition) is 1. The fourth-order valence-electron chi connectivity index (χ4n) is 1.79. The zero-order chi connectivity index (χ0) is 14.4. The molecule has 0 bridgehead atoms. The second-order valence-corrected chi connectivity index (χ2v) is 4.98. The van der Waals surface area contributed by atoms with Crippen LogP contribution in [0.15, 0.2) is 60.2 Å². The van der Waals surface area contributed by atoms with Crippen LogP contribution in [0.5, 0.6) is 0 Å². The Kier molecular flexibility index (Phi) is 4.97. The Morgan fingerprint density at radius 2 is 1.75 bits per heavy atom. The highest BCUT2D eigenvalue weighted by Crippen LogP contribution is 2.10. The van der Waals surface area contributed by atoms with Gasteiger partial charge < -0.3 is 5.32 Å². The zero-order valence-electron chi connectivity index (χ0n) is 11.3. The largest absolute Gasteiger partial charge is 0.348 e. The monoisotopic (exact) mass is 285 g/mol. The van der Waals surface area contributed by atoms with E-state index in [-0.39, 0.29) is 5.91 Å². The summed E-state index contributed by atoms with van der Waals surface area (Å²) >= 11 is 5.82. The number of carbonyl (C=O) groups is 1. The van der Waals surface area contributed by atoms with Crippen molar-refractivity contribution in [2.45, 2.75) is 13.5 Å². The van der Waals surface area contributed by atoms with Gasteiger partial charge in [0.15, 0.2) is 0 Å². The molecule has 102 valence electrons. The third kappa shape index (κ3) is 4.25. The van der Waals surface area contributed by atoms with Crippen molar-refractivity contribution < 1.29 is 4.79 Å². The Labute approximate surface area is 124 Å². The maximum Gasteiger partial charge on any atom is 0.247 e. The van der Waals surface area contributed by atoms with Gasteiger partial charge in [0.2, 0.25) is 5.91 Å². The summed E-state index contributed by atoms with van der Waals surface area (Å²) in [7, 11) is 0. The van der Waals surface area contributed by atoms with Crippen molar-refractivity contribution in [1.29, 1.82) is 0 Å². The van der Waals surface area contributed by atoms with Gasteiger partial charge in [0, 0.05) is 17.1 Å². The second kappa shape index (κ2) is 6.92. The maximum atomic E-state index is 12.0. The van der Waals surface area contributed by atoms with Crippen LogP contribution in [-0.4, -0.2) is 5.91 Å². The van der Waals surface area contributed by atoms with Crippen molar-refractivity contribution >= 4 is 23.6 Å². The first-order valence-corrected chi connectivity index (χ1v) is 6.79. The molecule has 0 saturated heterocycles. The first-order chi connectivity index (χ1) is 9.65.